The van der Waals surface area contributed by atoms with Gasteiger partial charge in [0, 0.05) is 25.7 Å². The van der Waals surface area contributed by atoms with Gasteiger partial charge in [0.1, 0.15) is 11.6 Å². The van der Waals surface area contributed by atoms with Crippen molar-refractivity contribution in [3.63, 3.8) is 0 Å². The maximum atomic E-state index is 14.3. The number of aliphatic hydroxyl groups excluding tert-OH is 1. The van der Waals surface area contributed by atoms with Crippen molar-refractivity contribution in [1.82, 2.24) is 9.80 Å². The minimum atomic E-state index is -0.963. The summed E-state index contributed by atoms with van der Waals surface area (Å²) in [5.41, 5.74) is -0.963. The lowest BCUT2D eigenvalue weighted by molar-refractivity contribution is -0.155. The zero-order valence-electron chi connectivity index (χ0n) is 21.2. The summed E-state index contributed by atoms with van der Waals surface area (Å²) in [7, 11) is 0. The Morgan fingerprint density at radius 1 is 1.20 bits per heavy atom. The summed E-state index contributed by atoms with van der Waals surface area (Å²) in [6, 6.07) is -0.574. The number of likely N-dealkylation sites (tertiary alicyclic amines) is 1. The zero-order valence-corrected chi connectivity index (χ0v) is 21.2. The number of esters is 1. The van der Waals surface area contributed by atoms with Crippen molar-refractivity contribution in [2.75, 3.05) is 26.3 Å². The van der Waals surface area contributed by atoms with E-state index in [0.29, 0.717) is 25.9 Å². The van der Waals surface area contributed by atoms with E-state index in [2.05, 4.69) is 6.58 Å². The molecular weight excluding hydrogens is 448 g/mol. The molecule has 1 saturated carbocycles. The number of fused-ring (bicyclic) bond motifs is 1. The number of amides is 2. The van der Waals surface area contributed by atoms with E-state index in [4.69, 9.17) is 14.6 Å². The molecule has 1 spiro atoms. The van der Waals surface area contributed by atoms with Gasteiger partial charge in [-0.1, -0.05) is 38.2 Å². The van der Waals surface area contributed by atoms with E-state index in [9.17, 15) is 14.4 Å². The number of hydrogen-bond acceptors (Lipinski definition) is 6. The zero-order chi connectivity index (χ0) is 25.0. The Labute approximate surface area is 209 Å². The standard InChI is InChI=1S/C27H42N2O6/c1-3-16-28(19-12-8-7-9-13-19)25(32)23-27-15-14-20(35-27)21(26(33)34-4-2)22(27)24(31)29(23)17-10-5-6-11-18-30/h3,19-23,30H,1,4-18H2,2H3/t20-,21+,22-,23?,27?/m0/s1. The van der Waals surface area contributed by atoms with Crippen LogP contribution in [0.1, 0.15) is 77.6 Å². The maximum absolute atomic E-state index is 14.3. The molecule has 0 aromatic rings. The number of unbranched alkanes of at least 4 members (excludes halogenated alkanes) is 3. The predicted molar refractivity (Wildman–Crippen MR) is 130 cm³/mol. The fraction of sp³-hybridized carbons (Fsp3) is 0.815. The molecular formula is C27H42N2O6. The second-order valence-electron chi connectivity index (χ2n) is 10.5. The third kappa shape index (κ3) is 4.76. The molecule has 3 aliphatic heterocycles. The molecule has 2 unspecified atom stereocenters. The molecule has 0 aromatic carbocycles. The minimum absolute atomic E-state index is 0.0619. The van der Waals surface area contributed by atoms with Crippen LogP contribution in [-0.2, 0) is 23.9 Å². The second-order valence-corrected chi connectivity index (χ2v) is 10.5. The molecule has 35 heavy (non-hydrogen) atoms. The van der Waals surface area contributed by atoms with Crippen molar-refractivity contribution >= 4 is 17.8 Å². The lowest BCUT2D eigenvalue weighted by Crippen LogP contribution is -2.58. The number of carbonyl (C=O) groups is 3. The minimum Gasteiger partial charge on any atom is -0.466 e. The van der Waals surface area contributed by atoms with Crippen LogP contribution in [0.15, 0.2) is 12.7 Å². The molecule has 0 aromatic heterocycles. The lowest BCUT2D eigenvalue weighted by atomic mass is 9.70. The lowest BCUT2D eigenvalue weighted by Gasteiger charge is -2.40. The first-order chi connectivity index (χ1) is 17.0. The topological polar surface area (TPSA) is 96.4 Å². The van der Waals surface area contributed by atoms with Gasteiger partial charge in [-0.05, 0) is 45.4 Å². The van der Waals surface area contributed by atoms with E-state index < -0.39 is 23.5 Å². The van der Waals surface area contributed by atoms with Gasteiger partial charge in [0.05, 0.1) is 24.5 Å². The summed E-state index contributed by atoms with van der Waals surface area (Å²) in [5.74, 6) is -1.90. The van der Waals surface area contributed by atoms with Crippen molar-refractivity contribution in [3.8, 4) is 0 Å². The highest BCUT2D eigenvalue weighted by molar-refractivity contribution is 5.98. The van der Waals surface area contributed by atoms with Gasteiger partial charge in [-0.2, -0.15) is 0 Å². The number of rotatable bonds is 12. The van der Waals surface area contributed by atoms with Crippen LogP contribution < -0.4 is 0 Å². The molecule has 8 heteroatoms. The van der Waals surface area contributed by atoms with Gasteiger partial charge in [-0.3, -0.25) is 14.4 Å². The SMILES string of the molecule is C=CCN(C(=O)C1N(CCCCCCO)C(=O)[C@@H]2[C@H](C(=O)OCC)[C@@H]3CCC12O3)C1CCCCC1. The van der Waals surface area contributed by atoms with E-state index in [-0.39, 0.29) is 43.1 Å². The van der Waals surface area contributed by atoms with Crippen LogP contribution in [0.2, 0.25) is 0 Å². The molecule has 2 bridgehead atoms. The number of hydrogen-bond donors (Lipinski definition) is 1. The fourth-order valence-electron chi connectivity index (χ4n) is 7.03. The first-order valence-electron chi connectivity index (χ1n) is 13.7. The Morgan fingerprint density at radius 2 is 1.94 bits per heavy atom. The second kappa shape index (κ2) is 11.4. The summed E-state index contributed by atoms with van der Waals surface area (Å²) < 4.78 is 11.8. The largest absolute Gasteiger partial charge is 0.466 e. The van der Waals surface area contributed by atoms with Crippen LogP contribution in [0.25, 0.3) is 0 Å². The third-order valence-electron chi connectivity index (χ3n) is 8.52. The highest BCUT2D eigenvalue weighted by Gasteiger charge is 2.75. The Bertz CT molecular complexity index is 797. The van der Waals surface area contributed by atoms with Crippen LogP contribution in [0.4, 0.5) is 0 Å². The van der Waals surface area contributed by atoms with E-state index in [1.165, 1.54) is 6.42 Å². The molecule has 2 amide bonds. The van der Waals surface area contributed by atoms with Gasteiger partial charge in [0.15, 0.2) is 0 Å². The maximum Gasteiger partial charge on any atom is 0.312 e. The quantitative estimate of drug-likeness (QED) is 0.257. The summed E-state index contributed by atoms with van der Waals surface area (Å²) in [6.07, 6.45) is 11.2. The highest BCUT2D eigenvalue weighted by Crippen LogP contribution is 2.59. The molecule has 0 radical (unpaired) electrons. The first-order valence-corrected chi connectivity index (χ1v) is 13.7. The molecule has 196 valence electrons. The monoisotopic (exact) mass is 490 g/mol. The van der Waals surface area contributed by atoms with Crippen LogP contribution in [0.3, 0.4) is 0 Å². The molecule has 1 aliphatic carbocycles. The summed E-state index contributed by atoms with van der Waals surface area (Å²) in [5, 5.41) is 9.09. The van der Waals surface area contributed by atoms with Crippen LogP contribution in [0.5, 0.6) is 0 Å². The van der Waals surface area contributed by atoms with Crippen molar-refractivity contribution in [3.05, 3.63) is 12.7 Å². The summed E-state index contributed by atoms with van der Waals surface area (Å²) in [6.45, 7) is 6.97. The van der Waals surface area contributed by atoms with Crippen molar-refractivity contribution in [2.24, 2.45) is 11.8 Å². The summed E-state index contributed by atoms with van der Waals surface area (Å²) >= 11 is 0. The Balaban J connectivity index is 1.64. The normalized spacial score (nSPS) is 32.1. The number of carbonyl (C=O) groups excluding carboxylic acids is 3. The molecule has 4 fully saturated rings. The van der Waals surface area contributed by atoms with Crippen LogP contribution in [0, 0.1) is 11.8 Å². The molecule has 3 heterocycles. The van der Waals surface area contributed by atoms with Gasteiger partial charge in [0.25, 0.3) is 0 Å². The first kappa shape index (κ1) is 26.1. The molecule has 3 saturated heterocycles. The fourth-order valence-corrected chi connectivity index (χ4v) is 7.03. The van der Waals surface area contributed by atoms with Gasteiger partial charge >= 0.3 is 5.97 Å². The number of ether oxygens (including phenoxy) is 2. The van der Waals surface area contributed by atoms with E-state index in [1.807, 2.05) is 4.90 Å². The molecule has 5 atom stereocenters. The average molecular weight is 491 g/mol. The third-order valence-corrected chi connectivity index (χ3v) is 8.52. The smallest absolute Gasteiger partial charge is 0.312 e. The molecule has 4 rings (SSSR count). The van der Waals surface area contributed by atoms with E-state index in [1.54, 1.807) is 17.9 Å². The summed E-state index contributed by atoms with van der Waals surface area (Å²) in [4.78, 5) is 44.8. The molecule has 4 aliphatic rings. The predicted octanol–water partition coefficient (Wildman–Crippen LogP) is 2.82. The Hall–Kier alpha value is -1.93. The van der Waals surface area contributed by atoms with Gasteiger partial charge in [-0.15, -0.1) is 6.58 Å². The van der Waals surface area contributed by atoms with Gasteiger partial charge < -0.3 is 24.4 Å². The van der Waals surface area contributed by atoms with Crippen molar-refractivity contribution in [1.29, 1.82) is 0 Å². The molecule has 1 N–H and O–H groups in total. The number of nitrogens with zero attached hydrogens (tertiary/aromatic N) is 2. The Morgan fingerprint density at radius 3 is 2.63 bits per heavy atom. The Kier molecular flexibility index (Phi) is 8.53. The number of aliphatic hydroxyl groups is 1. The van der Waals surface area contributed by atoms with Crippen LogP contribution >= 0.6 is 0 Å². The van der Waals surface area contributed by atoms with E-state index >= 15 is 0 Å². The van der Waals surface area contributed by atoms with Gasteiger partial charge in [0.2, 0.25) is 11.8 Å². The molecule has 8 nitrogen and oxygen atoms in total. The highest BCUT2D eigenvalue weighted by atomic mass is 16.6. The van der Waals surface area contributed by atoms with Gasteiger partial charge in [-0.25, -0.2) is 0 Å². The van der Waals surface area contributed by atoms with Crippen LogP contribution in [-0.4, -0.2) is 82.8 Å². The van der Waals surface area contributed by atoms with Crippen molar-refractivity contribution in [2.45, 2.75) is 101 Å². The van der Waals surface area contributed by atoms with E-state index in [0.717, 1.165) is 51.4 Å². The van der Waals surface area contributed by atoms with Crippen molar-refractivity contribution < 1.29 is 29.0 Å². The average Bonchev–Trinajstić information content (AvgIpc) is 3.50.